The molecule has 0 saturated carbocycles. The number of aliphatic hydroxyl groups is 3. The van der Waals surface area contributed by atoms with E-state index in [4.69, 9.17) is 10.2 Å². The molecule has 3 heteroatoms. The molecule has 0 fully saturated rings. The van der Waals surface area contributed by atoms with Crippen LogP contribution in [0.3, 0.4) is 0 Å². The Morgan fingerprint density at radius 2 is 1.50 bits per heavy atom. The molecule has 0 aliphatic rings. The summed E-state index contributed by atoms with van der Waals surface area (Å²) in [5.41, 5.74) is 0. The molecule has 0 amide bonds. The van der Waals surface area contributed by atoms with Gasteiger partial charge in [0.05, 0.1) is 6.10 Å². The number of aliphatic hydroxyl groups excluding tert-OH is 3. The van der Waals surface area contributed by atoms with Crippen LogP contribution in [0.4, 0.5) is 0 Å². The van der Waals surface area contributed by atoms with Gasteiger partial charge in [0.1, 0.15) is 0 Å². The molecule has 0 rings (SSSR count). The molecule has 0 aliphatic carbocycles. The van der Waals surface area contributed by atoms with Gasteiger partial charge in [-0.05, 0) is 30.6 Å². The van der Waals surface area contributed by atoms with Crippen LogP contribution in [-0.4, -0.2) is 34.6 Å². The van der Waals surface area contributed by atoms with Crippen LogP contribution in [0.25, 0.3) is 0 Å². The van der Waals surface area contributed by atoms with Gasteiger partial charge in [-0.25, -0.2) is 0 Å². The van der Waals surface area contributed by atoms with Gasteiger partial charge < -0.3 is 15.3 Å². The van der Waals surface area contributed by atoms with Gasteiger partial charge in [0.15, 0.2) is 0 Å². The maximum atomic E-state index is 9.77. The number of rotatable bonds is 7. The number of hydrogen-bond acceptors (Lipinski definition) is 3. The normalized spacial score (nSPS) is 20.1. The summed E-state index contributed by atoms with van der Waals surface area (Å²) in [4.78, 5) is 0. The smallest absolute Gasteiger partial charge is 0.0569 e. The largest absolute Gasteiger partial charge is 0.396 e. The van der Waals surface area contributed by atoms with Crippen molar-refractivity contribution in [3.05, 3.63) is 0 Å². The fourth-order valence-electron chi connectivity index (χ4n) is 1.35. The summed E-state index contributed by atoms with van der Waals surface area (Å²) in [5.74, 6) is 0.501. The van der Waals surface area contributed by atoms with Crippen molar-refractivity contribution in [1.82, 2.24) is 0 Å². The highest BCUT2D eigenvalue weighted by Crippen LogP contribution is 2.19. The SMILES string of the molecule is CC(CO)CCC(O)C(C)C(C)CO. The first-order valence-corrected chi connectivity index (χ1v) is 5.42. The van der Waals surface area contributed by atoms with Gasteiger partial charge >= 0.3 is 0 Å². The van der Waals surface area contributed by atoms with Crippen molar-refractivity contribution in [3.63, 3.8) is 0 Å². The molecule has 3 nitrogen and oxygen atoms in total. The van der Waals surface area contributed by atoms with Crippen molar-refractivity contribution in [3.8, 4) is 0 Å². The summed E-state index contributed by atoms with van der Waals surface area (Å²) >= 11 is 0. The van der Waals surface area contributed by atoms with Crippen LogP contribution in [0.1, 0.15) is 33.6 Å². The van der Waals surface area contributed by atoms with Crippen LogP contribution in [0.15, 0.2) is 0 Å². The van der Waals surface area contributed by atoms with Gasteiger partial charge in [0, 0.05) is 13.2 Å². The summed E-state index contributed by atoms with van der Waals surface area (Å²) < 4.78 is 0. The Morgan fingerprint density at radius 3 is 1.93 bits per heavy atom. The predicted molar refractivity (Wildman–Crippen MR) is 56.9 cm³/mol. The lowest BCUT2D eigenvalue weighted by Gasteiger charge is -2.24. The highest BCUT2D eigenvalue weighted by molar-refractivity contribution is 4.70. The zero-order valence-corrected chi connectivity index (χ0v) is 9.48. The predicted octanol–water partition coefficient (Wildman–Crippen LogP) is 1.02. The summed E-state index contributed by atoms with van der Waals surface area (Å²) in [6, 6.07) is 0. The van der Waals surface area contributed by atoms with Crippen LogP contribution >= 0.6 is 0 Å². The van der Waals surface area contributed by atoms with Crippen LogP contribution in [-0.2, 0) is 0 Å². The monoisotopic (exact) mass is 204 g/mol. The molecule has 4 unspecified atom stereocenters. The van der Waals surface area contributed by atoms with Crippen LogP contribution < -0.4 is 0 Å². The lowest BCUT2D eigenvalue weighted by atomic mass is 9.87. The van der Waals surface area contributed by atoms with E-state index < -0.39 is 0 Å². The van der Waals surface area contributed by atoms with E-state index in [2.05, 4.69) is 0 Å². The fraction of sp³-hybridized carbons (Fsp3) is 1.00. The van der Waals surface area contributed by atoms with Gasteiger partial charge in [-0.1, -0.05) is 20.8 Å². The molecule has 3 N–H and O–H groups in total. The van der Waals surface area contributed by atoms with E-state index in [0.717, 1.165) is 6.42 Å². The number of hydrogen-bond donors (Lipinski definition) is 3. The first kappa shape index (κ1) is 13.9. The summed E-state index contributed by atoms with van der Waals surface area (Å²) in [6.07, 6.45) is 1.17. The zero-order valence-electron chi connectivity index (χ0n) is 9.48. The van der Waals surface area contributed by atoms with Gasteiger partial charge in [-0.3, -0.25) is 0 Å². The quantitative estimate of drug-likeness (QED) is 0.580. The van der Waals surface area contributed by atoms with Crippen molar-refractivity contribution >= 4 is 0 Å². The molecular formula is C11H24O3. The minimum atomic E-state index is -0.369. The third-order valence-corrected chi connectivity index (χ3v) is 3.06. The molecule has 0 bridgehead atoms. The standard InChI is InChI=1S/C11H24O3/c1-8(6-12)4-5-11(14)10(3)9(2)7-13/h8-14H,4-7H2,1-3H3. The molecule has 14 heavy (non-hydrogen) atoms. The summed E-state index contributed by atoms with van der Waals surface area (Å²) in [6.45, 7) is 6.15. The second-order valence-corrected chi connectivity index (χ2v) is 4.45. The van der Waals surface area contributed by atoms with Gasteiger partial charge in [0.25, 0.3) is 0 Å². The lowest BCUT2D eigenvalue weighted by Crippen LogP contribution is -2.26. The van der Waals surface area contributed by atoms with E-state index in [1.165, 1.54) is 0 Å². The Hall–Kier alpha value is -0.120. The van der Waals surface area contributed by atoms with Crippen molar-refractivity contribution in [2.75, 3.05) is 13.2 Å². The Balaban J connectivity index is 3.77. The zero-order chi connectivity index (χ0) is 11.1. The second-order valence-electron chi connectivity index (χ2n) is 4.45. The molecular weight excluding hydrogens is 180 g/mol. The average Bonchev–Trinajstić information content (AvgIpc) is 2.22. The molecule has 0 aromatic carbocycles. The molecule has 4 atom stereocenters. The third-order valence-electron chi connectivity index (χ3n) is 3.06. The Labute approximate surface area is 86.8 Å². The first-order chi connectivity index (χ1) is 6.52. The lowest BCUT2D eigenvalue weighted by molar-refractivity contribution is 0.0519. The third kappa shape index (κ3) is 4.94. The molecule has 0 aromatic heterocycles. The van der Waals surface area contributed by atoms with E-state index in [1.807, 2.05) is 20.8 Å². The molecule has 0 heterocycles. The Bertz CT molecular complexity index is 138. The van der Waals surface area contributed by atoms with E-state index in [-0.39, 0.29) is 37.1 Å². The summed E-state index contributed by atoms with van der Waals surface area (Å²) in [7, 11) is 0. The highest BCUT2D eigenvalue weighted by atomic mass is 16.3. The molecule has 86 valence electrons. The van der Waals surface area contributed by atoms with Crippen molar-refractivity contribution in [2.45, 2.75) is 39.7 Å². The molecule has 0 radical (unpaired) electrons. The second kappa shape index (κ2) is 7.21. The molecule has 0 aliphatic heterocycles. The van der Waals surface area contributed by atoms with E-state index in [9.17, 15) is 5.11 Å². The Kier molecular flexibility index (Phi) is 7.15. The maximum absolute atomic E-state index is 9.77. The van der Waals surface area contributed by atoms with Crippen LogP contribution in [0.2, 0.25) is 0 Å². The van der Waals surface area contributed by atoms with Gasteiger partial charge in [-0.15, -0.1) is 0 Å². The van der Waals surface area contributed by atoms with Gasteiger partial charge in [-0.2, -0.15) is 0 Å². The van der Waals surface area contributed by atoms with Crippen molar-refractivity contribution in [1.29, 1.82) is 0 Å². The Morgan fingerprint density at radius 1 is 0.929 bits per heavy atom. The van der Waals surface area contributed by atoms with Gasteiger partial charge in [0.2, 0.25) is 0 Å². The summed E-state index contributed by atoms with van der Waals surface area (Å²) in [5, 5.41) is 27.5. The molecule has 0 aromatic rings. The topological polar surface area (TPSA) is 60.7 Å². The van der Waals surface area contributed by atoms with E-state index in [0.29, 0.717) is 6.42 Å². The highest BCUT2D eigenvalue weighted by Gasteiger charge is 2.20. The first-order valence-electron chi connectivity index (χ1n) is 5.42. The minimum Gasteiger partial charge on any atom is -0.396 e. The van der Waals surface area contributed by atoms with E-state index >= 15 is 0 Å². The van der Waals surface area contributed by atoms with Crippen LogP contribution in [0, 0.1) is 17.8 Å². The van der Waals surface area contributed by atoms with E-state index in [1.54, 1.807) is 0 Å². The minimum absolute atomic E-state index is 0.117. The fourth-order valence-corrected chi connectivity index (χ4v) is 1.35. The van der Waals surface area contributed by atoms with Crippen LogP contribution in [0.5, 0.6) is 0 Å². The average molecular weight is 204 g/mol. The van der Waals surface area contributed by atoms with Crippen molar-refractivity contribution < 1.29 is 15.3 Å². The van der Waals surface area contributed by atoms with Crippen molar-refractivity contribution in [2.24, 2.45) is 17.8 Å². The molecule has 0 saturated heterocycles. The molecule has 0 spiro atoms. The maximum Gasteiger partial charge on any atom is 0.0569 e.